The van der Waals surface area contributed by atoms with Gasteiger partial charge in [0.15, 0.2) is 0 Å². The molecule has 1 aliphatic carbocycles. The fourth-order valence-electron chi connectivity index (χ4n) is 3.61. The lowest BCUT2D eigenvalue weighted by Gasteiger charge is -2.29. The van der Waals surface area contributed by atoms with Crippen LogP contribution in [0.5, 0.6) is 5.75 Å². The first-order valence-corrected chi connectivity index (χ1v) is 8.81. The summed E-state index contributed by atoms with van der Waals surface area (Å²) >= 11 is 1.92. The van der Waals surface area contributed by atoms with Gasteiger partial charge < -0.3 is 10.1 Å². The molecule has 0 radical (unpaired) electrons. The number of para-hydroxylation sites is 1. The summed E-state index contributed by atoms with van der Waals surface area (Å²) in [7, 11) is 0. The predicted octanol–water partition coefficient (Wildman–Crippen LogP) is 4.28. The molecule has 0 amide bonds. The molecule has 110 valence electrons. The lowest BCUT2D eigenvalue weighted by molar-refractivity contribution is 0.261. The molecule has 0 spiro atoms. The SMILES string of the molecule is c1ccc2c(c1)OCCC2CNC1CCCc2sccc21. The van der Waals surface area contributed by atoms with Gasteiger partial charge in [-0.25, -0.2) is 0 Å². The number of benzene rings is 1. The van der Waals surface area contributed by atoms with E-state index in [0.29, 0.717) is 12.0 Å². The van der Waals surface area contributed by atoms with Crippen molar-refractivity contribution in [1.82, 2.24) is 5.32 Å². The molecule has 2 aromatic rings. The standard InChI is InChI=1S/C18H21NOS/c1-2-6-17-14(4-1)13(8-10-20-17)12-19-16-5-3-7-18-15(16)9-11-21-18/h1-2,4,6,9,11,13,16,19H,3,5,7-8,10,12H2. The molecule has 1 N–H and O–H groups in total. The van der Waals surface area contributed by atoms with Crippen LogP contribution < -0.4 is 10.1 Å². The number of aryl methyl sites for hydroxylation is 1. The summed E-state index contributed by atoms with van der Waals surface area (Å²) in [6.07, 6.45) is 4.97. The van der Waals surface area contributed by atoms with Crippen LogP contribution in [0.15, 0.2) is 35.7 Å². The van der Waals surface area contributed by atoms with Crippen molar-refractivity contribution in [3.05, 3.63) is 51.7 Å². The Kier molecular flexibility index (Phi) is 3.70. The molecule has 2 atom stereocenters. The number of rotatable bonds is 3. The van der Waals surface area contributed by atoms with E-state index in [-0.39, 0.29) is 0 Å². The second-order valence-corrected chi connectivity index (χ2v) is 7.02. The summed E-state index contributed by atoms with van der Waals surface area (Å²) in [5.74, 6) is 1.66. The molecule has 2 nitrogen and oxygen atoms in total. The quantitative estimate of drug-likeness (QED) is 0.913. The van der Waals surface area contributed by atoms with Gasteiger partial charge in [-0.2, -0.15) is 0 Å². The summed E-state index contributed by atoms with van der Waals surface area (Å²) in [5.41, 5.74) is 2.92. The zero-order valence-corrected chi connectivity index (χ0v) is 13.0. The van der Waals surface area contributed by atoms with E-state index in [4.69, 9.17) is 4.74 Å². The highest BCUT2D eigenvalue weighted by Gasteiger charge is 2.24. The maximum Gasteiger partial charge on any atom is 0.122 e. The van der Waals surface area contributed by atoms with Crippen LogP contribution in [-0.2, 0) is 6.42 Å². The molecule has 0 bridgehead atoms. The van der Waals surface area contributed by atoms with E-state index >= 15 is 0 Å². The Morgan fingerprint density at radius 1 is 1.14 bits per heavy atom. The Labute approximate surface area is 130 Å². The summed E-state index contributed by atoms with van der Waals surface area (Å²) in [6, 6.07) is 11.4. The average molecular weight is 299 g/mol. The molecule has 3 heteroatoms. The van der Waals surface area contributed by atoms with Gasteiger partial charge in [-0.3, -0.25) is 0 Å². The monoisotopic (exact) mass is 299 g/mol. The van der Waals surface area contributed by atoms with Gasteiger partial charge in [0.25, 0.3) is 0 Å². The minimum atomic E-state index is 0.551. The van der Waals surface area contributed by atoms with Gasteiger partial charge in [-0.15, -0.1) is 11.3 Å². The van der Waals surface area contributed by atoms with E-state index in [2.05, 4.69) is 41.0 Å². The van der Waals surface area contributed by atoms with Crippen molar-refractivity contribution in [2.24, 2.45) is 0 Å². The maximum absolute atomic E-state index is 5.76. The van der Waals surface area contributed by atoms with Crippen molar-refractivity contribution in [3.63, 3.8) is 0 Å². The van der Waals surface area contributed by atoms with Crippen LogP contribution in [-0.4, -0.2) is 13.2 Å². The molecule has 1 aliphatic heterocycles. The van der Waals surface area contributed by atoms with Crippen molar-refractivity contribution in [2.75, 3.05) is 13.2 Å². The highest BCUT2D eigenvalue weighted by molar-refractivity contribution is 7.10. The highest BCUT2D eigenvalue weighted by Crippen LogP contribution is 2.36. The van der Waals surface area contributed by atoms with Crippen LogP contribution in [0.1, 0.15) is 47.2 Å². The van der Waals surface area contributed by atoms with E-state index < -0.39 is 0 Å². The van der Waals surface area contributed by atoms with E-state index in [0.717, 1.165) is 25.3 Å². The van der Waals surface area contributed by atoms with Crippen molar-refractivity contribution in [1.29, 1.82) is 0 Å². The molecule has 2 aliphatic rings. The summed E-state index contributed by atoms with van der Waals surface area (Å²) in [6.45, 7) is 1.90. The third kappa shape index (κ3) is 2.60. The number of hydrogen-bond acceptors (Lipinski definition) is 3. The van der Waals surface area contributed by atoms with Crippen molar-refractivity contribution in [2.45, 2.75) is 37.6 Å². The first-order valence-electron chi connectivity index (χ1n) is 7.93. The molecular formula is C18H21NOS. The Hall–Kier alpha value is -1.32. The molecule has 2 heterocycles. The van der Waals surface area contributed by atoms with Gasteiger partial charge in [-0.05, 0) is 54.3 Å². The topological polar surface area (TPSA) is 21.3 Å². The normalized spacial score (nSPS) is 24.0. The molecule has 0 saturated carbocycles. The lowest BCUT2D eigenvalue weighted by Crippen LogP contribution is -2.30. The first-order chi connectivity index (χ1) is 10.4. The van der Waals surface area contributed by atoms with Crippen LogP contribution in [0.25, 0.3) is 0 Å². The third-order valence-electron chi connectivity index (χ3n) is 4.75. The van der Waals surface area contributed by atoms with E-state index in [1.54, 1.807) is 10.4 Å². The lowest BCUT2D eigenvalue weighted by atomic mass is 9.90. The van der Waals surface area contributed by atoms with Crippen LogP contribution in [0, 0.1) is 0 Å². The predicted molar refractivity (Wildman–Crippen MR) is 87.3 cm³/mol. The fourth-order valence-corrected chi connectivity index (χ4v) is 4.60. The molecule has 1 aromatic carbocycles. The molecule has 21 heavy (non-hydrogen) atoms. The van der Waals surface area contributed by atoms with Crippen LogP contribution in [0.2, 0.25) is 0 Å². The maximum atomic E-state index is 5.76. The number of nitrogens with one attached hydrogen (secondary N) is 1. The molecule has 0 fully saturated rings. The Bertz CT molecular complexity index is 621. The molecule has 0 saturated heterocycles. The summed E-state index contributed by atoms with van der Waals surface area (Å²) in [5, 5.41) is 6.07. The second kappa shape index (κ2) is 5.82. The smallest absolute Gasteiger partial charge is 0.122 e. The van der Waals surface area contributed by atoms with E-state index in [1.165, 1.54) is 24.8 Å². The zero-order valence-electron chi connectivity index (χ0n) is 12.2. The van der Waals surface area contributed by atoms with Crippen molar-refractivity contribution in [3.8, 4) is 5.75 Å². The largest absolute Gasteiger partial charge is 0.493 e. The van der Waals surface area contributed by atoms with Crippen LogP contribution >= 0.6 is 11.3 Å². The van der Waals surface area contributed by atoms with E-state index in [1.807, 2.05) is 11.3 Å². The van der Waals surface area contributed by atoms with Gasteiger partial charge in [-0.1, -0.05) is 18.2 Å². The second-order valence-electron chi connectivity index (χ2n) is 6.02. The molecule has 2 unspecified atom stereocenters. The van der Waals surface area contributed by atoms with Gasteiger partial charge >= 0.3 is 0 Å². The van der Waals surface area contributed by atoms with Gasteiger partial charge in [0.1, 0.15) is 5.75 Å². The molecular weight excluding hydrogens is 278 g/mol. The number of thiophene rings is 1. The van der Waals surface area contributed by atoms with Crippen LogP contribution in [0.4, 0.5) is 0 Å². The first kappa shape index (κ1) is 13.4. The molecule has 4 rings (SSSR count). The third-order valence-corrected chi connectivity index (χ3v) is 5.74. The van der Waals surface area contributed by atoms with E-state index in [9.17, 15) is 0 Å². The van der Waals surface area contributed by atoms with Gasteiger partial charge in [0.05, 0.1) is 6.61 Å². The van der Waals surface area contributed by atoms with Gasteiger partial charge in [0, 0.05) is 23.4 Å². The minimum Gasteiger partial charge on any atom is -0.493 e. The Morgan fingerprint density at radius 2 is 2.10 bits per heavy atom. The Morgan fingerprint density at radius 3 is 3.10 bits per heavy atom. The Balaban J connectivity index is 1.47. The minimum absolute atomic E-state index is 0.551. The number of fused-ring (bicyclic) bond motifs is 2. The summed E-state index contributed by atoms with van der Waals surface area (Å²) in [4.78, 5) is 1.59. The number of hydrogen-bond donors (Lipinski definition) is 1. The van der Waals surface area contributed by atoms with Crippen LogP contribution in [0.3, 0.4) is 0 Å². The fraction of sp³-hybridized carbons (Fsp3) is 0.444. The van der Waals surface area contributed by atoms with Gasteiger partial charge in [0.2, 0.25) is 0 Å². The zero-order chi connectivity index (χ0) is 14.1. The van der Waals surface area contributed by atoms with Crippen molar-refractivity contribution >= 4 is 11.3 Å². The van der Waals surface area contributed by atoms with Crippen molar-refractivity contribution < 1.29 is 4.74 Å². The highest BCUT2D eigenvalue weighted by atomic mass is 32.1. The summed E-state index contributed by atoms with van der Waals surface area (Å²) < 4.78 is 5.76. The number of ether oxygens (including phenoxy) is 1. The molecule has 1 aromatic heterocycles. The average Bonchev–Trinajstić information content (AvgIpc) is 3.02.